The number of hydrogen-bond acceptors (Lipinski definition) is 0. The van der Waals surface area contributed by atoms with Gasteiger partial charge in [0.15, 0.2) is 0 Å². The lowest BCUT2D eigenvalue weighted by Crippen LogP contribution is -2.05. The van der Waals surface area contributed by atoms with Crippen LogP contribution in [-0.2, 0) is 0 Å². The first-order valence-corrected chi connectivity index (χ1v) is 6.15. The molecular weight excluding hydrogens is 225 g/mol. The van der Waals surface area contributed by atoms with Crippen LogP contribution in [0.4, 0.5) is 4.39 Å². The van der Waals surface area contributed by atoms with E-state index >= 15 is 0 Å². The molecule has 1 aromatic carbocycles. The van der Waals surface area contributed by atoms with Crippen LogP contribution in [0.3, 0.4) is 0 Å². The second-order valence-electron chi connectivity index (χ2n) is 4.78. The molecule has 18 heavy (non-hydrogen) atoms. The Bertz CT molecular complexity index is 579. The van der Waals surface area contributed by atoms with Gasteiger partial charge in [-0.25, -0.2) is 4.39 Å². The predicted octanol–water partition coefficient (Wildman–Crippen LogP) is 4.69. The molecule has 0 aliphatic rings. The van der Waals surface area contributed by atoms with Crippen LogP contribution in [0.15, 0.2) is 36.9 Å². The molecular formula is C16H18FN. The first-order valence-electron chi connectivity index (χ1n) is 6.15. The maximum atomic E-state index is 14.0. The molecule has 2 heteroatoms. The van der Waals surface area contributed by atoms with Gasteiger partial charge in [-0.3, -0.25) is 0 Å². The SMILES string of the molecule is C=Cc1c(C)cc(C(C)C)n1-c1ccccc1F. The summed E-state index contributed by atoms with van der Waals surface area (Å²) in [5, 5.41) is 0. The number of hydrogen-bond donors (Lipinski definition) is 0. The van der Waals surface area contributed by atoms with Crippen molar-refractivity contribution in [2.75, 3.05) is 0 Å². The highest BCUT2D eigenvalue weighted by atomic mass is 19.1. The Morgan fingerprint density at radius 1 is 1.28 bits per heavy atom. The number of para-hydroxylation sites is 1. The fourth-order valence-electron chi connectivity index (χ4n) is 2.25. The van der Waals surface area contributed by atoms with Crippen LogP contribution in [-0.4, -0.2) is 4.57 Å². The lowest BCUT2D eigenvalue weighted by Gasteiger charge is -2.15. The Morgan fingerprint density at radius 2 is 1.94 bits per heavy atom. The highest BCUT2D eigenvalue weighted by molar-refractivity contribution is 5.55. The van der Waals surface area contributed by atoms with Crippen molar-refractivity contribution in [2.45, 2.75) is 26.7 Å². The zero-order valence-corrected chi connectivity index (χ0v) is 11.1. The average Bonchev–Trinajstić information content (AvgIpc) is 2.67. The van der Waals surface area contributed by atoms with E-state index in [1.807, 2.05) is 17.6 Å². The van der Waals surface area contributed by atoms with E-state index in [0.29, 0.717) is 11.6 Å². The van der Waals surface area contributed by atoms with Crippen LogP contribution < -0.4 is 0 Å². The summed E-state index contributed by atoms with van der Waals surface area (Å²) in [5.74, 6) is 0.120. The van der Waals surface area contributed by atoms with Crippen molar-refractivity contribution in [3.8, 4) is 5.69 Å². The smallest absolute Gasteiger partial charge is 0.147 e. The van der Waals surface area contributed by atoms with Crippen molar-refractivity contribution in [2.24, 2.45) is 0 Å². The van der Waals surface area contributed by atoms with Gasteiger partial charge in [-0.05, 0) is 42.7 Å². The van der Waals surface area contributed by atoms with Gasteiger partial charge in [-0.2, -0.15) is 0 Å². The van der Waals surface area contributed by atoms with Crippen LogP contribution in [0.5, 0.6) is 0 Å². The summed E-state index contributed by atoms with van der Waals surface area (Å²) in [4.78, 5) is 0. The van der Waals surface area contributed by atoms with Crippen molar-refractivity contribution in [1.82, 2.24) is 4.57 Å². The van der Waals surface area contributed by atoms with Crippen molar-refractivity contribution in [1.29, 1.82) is 0 Å². The summed E-state index contributed by atoms with van der Waals surface area (Å²) in [7, 11) is 0. The Balaban J connectivity index is 2.76. The molecule has 1 nitrogen and oxygen atoms in total. The van der Waals surface area contributed by atoms with Crippen molar-refractivity contribution < 1.29 is 4.39 Å². The Labute approximate surface area is 108 Å². The quantitative estimate of drug-likeness (QED) is 0.737. The Kier molecular flexibility index (Phi) is 3.37. The van der Waals surface area contributed by atoms with Gasteiger partial charge in [-0.1, -0.05) is 32.6 Å². The maximum Gasteiger partial charge on any atom is 0.147 e. The van der Waals surface area contributed by atoms with Gasteiger partial charge < -0.3 is 4.57 Å². The van der Waals surface area contributed by atoms with Crippen molar-refractivity contribution in [3.05, 3.63) is 59.7 Å². The van der Waals surface area contributed by atoms with E-state index in [-0.39, 0.29) is 5.82 Å². The van der Waals surface area contributed by atoms with E-state index in [1.54, 1.807) is 18.2 Å². The number of nitrogens with zero attached hydrogens (tertiary/aromatic N) is 1. The van der Waals surface area contributed by atoms with E-state index in [9.17, 15) is 4.39 Å². The van der Waals surface area contributed by atoms with E-state index < -0.39 is 0 Å². The summed E-state index contributed by atoms with van der Waals surface area (Å²) in [6.45, 7) is 10.1. The van der Waals surface area contributed by atoms with Crippen molar-refractivity contribution >= 4 is 6.08 Å². The predicted molar refractivity (Wildman–Crippen MR) is 74.6 cm³/mol. The second-order valence-corrected chi connectivity index (χ2v) is 4.78. The van der Waals surface area contributed by atoms with Crippen LogP contribution in [0.25, 0.3) is 11.8 Å². The third-order valence-electron chi connectivity index (χ3n) is 3.15. The maximum absolute atomic E-state index is 14.0. The summed E-state index contributed by atoms with van der Waals surface area (Å²) in [5.41, 5.74) is 3.78. The van der Waals surface area contributed by atoms with E-state index in [0.717, 1.165) is 17.0 Å². The topological polar surface area (TPSA) is 4.93 Å². The van der Waals surface area contributed by atoms with Gasteiger partial charge in [0.2, 0.25) is 0 Å². The van der Waals surface area contributed by atoms with Gasteiger partial charge >= 0.3 is 0 Å². The zero-order valence-electron chi connectivity index (χ0n) is 11.1. The number of benzene rings is 1. The molecule has 1 aromatic heterocycles. The fourth-order valence-corrected chi connectivity index (χ4v) is 2.25. The summed E-state index contributed by atoms with van der Waals surface area (Å²) >= 11 is 0. The molecule has 0 N–H and O–H groups in total. The number of rotatable bonds is 3. The largest absolute Gasteiger partial charge is 0.311 e. The molecule has 0 amide bonds. The van der Waals surface area contributed by atoms with E-state index in [2.05, 4.69) is 26.5 Å². The molecule has 2 rings (SSSR count). The van der Waals surface area contributed by atoms with Crippen LogP contribution in [0, 0.1) is 12.7 Å². The normalized spacial score (nSPS) is 10.9. The number of aryl methyl sites for hydroxylation is 1. The van der Waals surface area contributed by atoms with Gasteiger partial charge in [0.1, 0.15) is 5.82 Å². The summed E-state index contributed by atoms with van der Waals surface area (Å²) < 4.78 is 15.9. The van der Waals surface area contributed by atoms with Gasteiger partial charge in [0, 0.05) is 11.4 Å². The fraction of sp³-hybridized carbons (Fsp3) is 0.250. The lowest BCUT2D eigenvalue weighted by molar-refractivity contribution is 0.613. The van der Waals surface area contributed by atoms with E-state index in [1.165, 1.54) is 6.07 Å². The van der Waals surface area contributed by atoms with Crippen LogP contribution in [0.2, 0.25) is 0 Å². The van der Waals surface area contributed by atoms with Crippen LogP contribution >= 0.6 is 0 Å². The molecule has 0 saturated heterocycles. The van der Waals surface area contributed by atoms with E-state index in [4.69, 9.17) is 0 Å². The first kappa shape index (κ1) is 12.6. The molecule has 0 bridgehead atoms. The summed E-state index contributed by atoms with van der Waals surface area (Å²) in [6, 6.07) is 8.95. The average molecular weight is 243 g/mol. The highest BCUT2D eigenvalue weighted by Gasteiger charge is 2.16. The minimum absolute atomic E-state index is 0.210. The molecule has 0 aliphatic heterocycles. The Morgan fingerprint density at radius 3 is 2.50 bits per heavy atom. The molecule has 0 atom stereocenters. The third-order valence-corrected chi connectivity index (χ3v) is 3.15. The molecule has 0 radical (unpaired) electrons. The first-order chi connectivity index (χ1) is 8.56. The molecule has 0 spiro atoms. The molecule has 2 aromatic rings. The second kappa shape index (κ2) is 4.81. The molecule has 0 unspecified atom stereocenters. The molecule has 0 saturated carbocycles. The zero-order chi connectivity index (χ0) is 13.3. The van der Waals surface area contributed by atoms with Crippen molar-refractivity contribution in [3.63, 3.8) is 0 Å². The standard InChI is InChI=1S/C16H18FN/c1-5-14-12(4)10-16(11(2)3)18(14)15-9-7-6-8-13(15)17/h5-11H,1H2,2-4H3. The summed E-state index contributed by atoms with van der Waals surface area (Å²) in [6.07, 6.45) is 1.79. The monoisotopic (exact) mass is 243 g/mol. The molecule has 1 heterocycles. The third kappa shape index (κ3) is 1.99. The van der Waals surface area contributed by atoms with Gasteiger partial charge in [-0.15, -0.1) is 0 Å². The minimum Gasteiger partial charge on any atom is -0.311 e. The highest BCUT2D eigenvalue weighted by Crippen LogP contribution is 2.28. The molecule has 0 aliphatic carbocycles. The van der Waals surface area contributed by atoms with Crippen LogP contribution in [0.1, 0.15) is 36.7 Å². The van der Waals surface area contributed by atoms with Gasteiger partial charge in [0.05, 0.1) is 5.69 Å². The Hall–Kier alpha value is -1.83. The minimum atomic E-state index is -0.210. The molecule has 0 fully saturated rings. The lowest BCUT2D eigenvalue weighted by atomic mass is 10.1. The van der Waals surface area contributed by atoms with Gasteiger partial charge in [0.25, 0.3) is 0 Å². The molecule has 94 valence electrons. The number of aromatic nitrogens is 1. The number of halogens is 1.